The lowest BCUT2D eigenvalue weighted by molar-refractivity contribution is 0.213. The Kier molecular flexibility index (Phi) is 3.96. The van der Waals surface area contributed by atoms with E-state index in [-0.39, 0.29) is 0 Å². The summed E-state index contributed by atoms with van der Waals surface area (Å²) >= 11 is 6.81. The molecule has 1 N–H and O–H groups in total. The van der Waals surface area contributed by atoms with Gasteiger partial charge in [0.25, 0.3) is 0 Å². The van der Waals surface area contributed by atoms with Crippen molar-refractivity contribution in [3.8, 4) is 0 Å². The van der Waals surface area contributed by atoms with E-state index in [0.717, 1.165) is 15.6 Å². The van der Waals surface area contributed by atoms with Crippen LogP contribution in [0.2, 0.25) is 0 Å². The number of nitrogens with zero attached hydrogens (tertiary/aromatic N) is 3. The first-order valence-electron chi connectivity index (χ1n) is 5.14. The van der Waals surface area contributed by atoms with Crippen molar-refractivity contribution in [3.05, 3.63) is 44.9 Å². The predicted molar refractivity (Wildman–Crippen MR) is 71.6 cm³/mol. The second-order valence-electron chi connectivity index (χ2n) is 3.48. The Bertz CT molecular complexity index is 527. The van der Waals surface area contributed by atoms with Gasteiger partial charge in [0.05, 0.1) is 11.9 Å². The van der Waals surface area contributed by atoms with E-state index in [0.29, 0.717) is 11.3 Å². The summed E-state index contributed by atoms with van der Waals surface area (Å²) in [5, 5.41) is 14.5. The summed E-state index contributed by atoms with van der Waals surface area (Å²) in [4.78, 5) is 4.18. The average Bonchev–Trinajstić information content (AvgIpc) is 2.70. The van der Waals surface area contributed by atoms with Gasteiger partial charge in [-0.2, -0.15) is 5.10 Å². The van der Waals surface area contributed by atoms with E-state index in [2.05, 4.69) is 41.9 Å². The van der Waals surface area contributed by atoms with Crippen LogP contribution in [0.5, 0.6) is 0 Å². The standard InChI is InChI=1S/C11H11Br2N3O/c1-2-16-11(13)7(6-15-16)10(17)9-8(12)4-3-5-14-9/h3-6,10,17H,2H2,1H3. The first-order chi connectivity index (χ1) is 8.15. The van der Waals surface area contributed by atoms with Gasteiger partial charge in [0.15, 0.2) is 0 Å². The minimum atomic E-state index is -0.791. The smallest absolute Gasteiger partial charge is 0.126 e. The number of pyridine rings is 1. The van der Waals surface area contributed by atoms with E-state index in [1.165, 1.54) is 0 Å². The molecule has 0 spiro atoms. The van der Waals surface area contributed by atoms with Crippen LogP contribution in [-0.2, 0) is 6.54 Å². The van der Waals surface area contributed by atoms with Crippen LogP contribution in [0.25, 0.3) is 0 Å². The molecule has 2 aromatic heterocycles. The second-order valence-corrected chi connectivity index (χ2v) is 5.08. The number of aryl methyl sites for hydroxylation is 1. The Morgan fingerprint density at radius 3 is 2.82 bits per heavy atom. The van der Waals surface area contributed by atoms with Gasteiger partial charge in [-0.1, -0.05) is 0 Å². The third kappa shape index (κ3) is 2.43. The van der Waals surface area contributed by atoms with Gasteiger partial charge in [-0.3, -0.25) is 9.67 Å². The molecule has 0 aliphatic heterocycles. The number of rotatable bonds is 3. The summed E-state index contributed by atoms with van der Waals surface area (Å²) in [6.45, 7) is 2.74. The highest BCUT2D eigenvalue weighted by atomic mass is 79.9. The molecule has 0 saturated carbocycles. The van der Waals surface area contributed by atoms with E-state index < -0.39 is 6.10 Å². The molecule has 0 bridgehead atoms. The molecule has 90 valence electrons. The van der Waals surface area contributed by atoms with Crippen molar-refractivity contribution in [3.63, 3.8) is 0 Å². The fourth-order valence-electron chi connectivity index (χ4n) is 1.54. The van der Waals surface area contributed by atoms with Gasteiger partial charge in [0.1, 0.15) is 10.7 Å². The lowest BCUT2D eigenvalue weighted by Crippen LogP contribution is -2.04. The van der Waals surface area contributed by atoms with Gasteiger partial charge in [0, 0.05) is 22.8 Å². The topological polar surface area (TPSA) is 50.9 Å². The zero-order valence-electron chi connectivity index (χ0n) is 9.14. The van der Waals surface area contributed by atoms with Crippen molar-refractivity contribution in [2.24, 2.45) is 0 Å². The lowest BCUT2D eigenvalue weighted by atomic mass is 10.1. The molecule has 0 radical (unpaired) electrons. The average molecular weight is 361 g/mol. The second kappa shape index (κ2) is 5.29. The van der Waals surface area contributed by atoms with E-state index in [1.54, 1.807) is 17.1 Å². The molecule has 6 heteroatoms. The molecule has 0 fully saturated rings. The van der Waals surface area contributed by atoms with Crippen molar-refractivity contribution < 1.29 is 5.11 Å². The van der Waals surface area contributed by atoms with E-state index in [9.17, 15) is 5.11 Å². The molecule has 17 heavy (non-hydrogen) atoms. The molecule has 0 aromatic carbocycles. The van der Waals surface area contributed by atoms with Gasteiger partial charge in [0.2, 0.25) is 0 Å². The van der Waals surface area contributed by atoms with Gasteiger partial charge in [-0.05, 0) is 50.9 Å². The molecule has 2 rings (SSSR count). The normalized spacial score (nSPS) is 12.7. The highest BCUT2D eigenvalue weighted by Crippen LogP contribution is 2.30. The molecule has 2 aromatic rings. The fourth-order valence-corrected chi connectivity index (χ4v) is 2.67. The summed E-state index contributed by atoms with van der Waals surface area (Å²) in [6, 6.07) is 3.66. The Labute approximate surface area is 116 Å². The maximum Gasteiger partial charge on any atom is 0.126 e. The maximum absolute atomic E-state index is 10.3. The molecule has 4 nitrogen and oxygen atoms in total. The van der Waals surface area contributed by atoms with Crippen LogP contribution in [0.3, 0.4) is 0 Å². The van der Waals surface area contributed by atoms with E-state index in [4.69, 9.17) is 0 Å². The van der Waals surface area contributed by atoms with Crippen LogP contribution in [0, 0.1) is 0 Å². The number of aliphatic hydroxyl groups is 1. The molecular formula is C11H11Br2N3O. The summed E-state index contributed by atoms with van der Waals surface area (Å²) < 4.78 is 3.34. The molecule has 0 aliphatic carbocycles. The Morgan fingerprint density at radius 2 is 2.24 bits per heavy atom. The number of halogens is 2. The molecule has 2 heterocycles. The highest BCUT2D eigenvalue weighted by Gasteiger charge is 2.20. The van der Waals surface area contributed by atoms with Crippen LogP contribution in [0.4, 0.5) is 0 Å². The van der Waals surface area contributed by atoms with Crippen molar-refractivity contribution >= 4 is 31.9 Å². The SMILES string of the molecule is CCn1ncc(C(O)c2ncccc2Br)c1Br. The molecule has 0 amide bonds. The van der Waals surface area contributed by atoms with Gasteiger partial charge in [-0.25, -0.2) is 0 Å². The van der Waals surface area contributed by atoms with E-state index in [1.807, 2.05) is 19.1 Å². The largest absolute Gasteiger partial charge is 0.382 e. The van der Waals surface area contributed by atoms with Crippen molar-refractivity contribution in [2.75, 3.05) is 0 Å². The Balaban J connectivity index is 2.40. The molecule has 1 atom stereocenters. The lowest BCUT2D eigenvalue weighted by Gasteiger charge is -2.10. The summed E-state index contributed by atoms with van der Waals surface area (Å²) in [6.07, 6.45) is 2.51. The summed E-state index contributed by atoms with van der Waals surface area (Å²) in [7, 11) is 0. The first-order valence-corrected chi connectivity index (χ1v) is 6.73. The monoisotopic (exact) mass is 359 g/mol. The quantitative estimate of drug-likeness (QED) is 0.915. The Morgan fingerprint density at radius 1 is 1.47 bits per heavy atom. The van der Waals surface area contributed by atoms with Gasteiger partial charge in [-0.15, -0.1) is 0 Å². The summed E-state index contributed by atoms with van der Waals surface area (Å²) in [5.74, 6) is 0. The zero-order valence-corrected chi connectivity index (χ0v) is 12.3. The van der Waals surface area contributed by atoms with Crippen LogP contribution in [0.15, 0.2) is 33.6 Å². The van der Waals surface area contributed by atoms with Crippen LogP contribution < -0.4 is 0 Å². The van der Waals surface area contributed by atoms with Crippen molar-refractivity contribution in [1.29, 1.82) is 0 Å². The molecule has 1 unspecified atom stereocenters. The third-order valence-corrected chi connectivity index (χ3v) is 3.98. The molecule has 0 saturated heterocycles. The molecule has 0 aliphatic rings. The van der Waals surface area contributed by atoms with Gasteiger partial charge >= 0.3 is 0 Å². The van der Waals surface area contributed by atoms with Crippen molar-refractivity contribution in [1.82, 2.24) is 14.8 Å². The van der Waals surface area contributed by atoms with Crippen LogP contribution in [0.1, 0.15) is 24.3 Å². The number of aliphatic hydroxyl groups excluding tert-OH is 1. The predicted octanol–water partition coefficient (Wildman–Crippen LogP) is 2.90. The Hall–Kier alpha value is -0.720. The number of hydrogen-bond acceptors (Lipinski definition) is 3. The number of aromatic nitrogens is 3. The molecular weight excluding hydrogens is 350 g/mol. The first kappa shape index (κ1) is 12.7. The minimum absolute atomic E-state index is 0.587. The fraction of sp³-hybridized carbons (Fsp3) is 0.273. The maximum atomic E-state index is 10.3. The zero-order chi connectivity index (χ0) is 12.4. The van der Waals surface area contributed by atoms with Gasteiger partial charge < -0.3 is 5.11 Å². The summed E-state index contributed by atoms with van der Waals surface area (Å²) in [5.41, 5.74) is 1.30. The van der Waals surface area contributed by atoms with Crippen LogP contribution >= 0.6 is 31.9 Å². The number of hydrogen-bond donors (Lipinski definition) is 1. The van der Waals surface area contributed by atoms with E-state index >= 15 is 0 Å². The van der Waals surface area contributed by atoms with Crippen molar-refractivity contribution in [2.45, 2.75) is 19.6 Å². The third-order valence-electron chi connectivity index (χ3n) is 2.44. The minimum Gasteiger partial charge on any atom is -0.382 e. The van der Waals surface area contributed by atoms with Crippen LogP contribution in [-0.4, -0.2) is 19.9 Å². The highest BCUT2D eigenvalue weighted by molar-refractivity contribution is 9.10.